The van der Waals surface area contributed by atoms with Gasteiger partial charge in [0.1, 0.15) is 5.54 Å². The van der Waals surface area contributed by atoms with Gasteiger partial charge in [0, 0.05) is 11.8 Å². The maximum absolute atomic E-state index is 11.7. The van der Waals surface area contributed by atoms with Gasteiger partial charge in [-0.3, -0.25) is 0 Å². The van der Waals surface area contributed by atoms with E-state index in [-0.39, 0.29) is 6.04 Å². The van der Waals surface area contributed by atoms with Crippen LogP contribution in [0.15, 0.2) is 0 Å². The molecule has 100 valence electrons. The predicted octanol–water partition coefficient (Wildman–Crippen LogP) is 1.68. The van der Waals surface area contributed by atoms with Crippen molar-refractivity contribution in [2.24, 2.45) is 0 Å². The lowest BCUT2D eigenvalue weighted by Gasteiger charge is -2.28. The Kier molecular flexibility index (Phi) is 7.03. The highest BCUT2D eigenvalue weighted by molar-refractivity contribution is 7.98. The van der Waals surface area contributed by atoms with Crippen LogP contribution >= 0.6 is 11.8 Å². The first-order valence-corrected chi connectivity index (χ1v) is 7.12. The van der Waals surface area contributed by atoms with E-state index in [1.165, 1.54) is 0 Å². The first-order chi connectivity index (χ1) is 7.91. The second kappa shape index (κ2) is 7.42. The Morgan fingerprint density at radius 1 is 1.35 bits per heavy atom. The zero-order valence-corrected chi connectivity index (χ0v) is 11.7. The minimum absolute atomic E-state index is 0.0187. The molecular weight excluding hydrogens is 240 g/mol. The van der Waals surface area contributed by atoms with Crippen molar-refractivity contribution in [1.29, 1.82) is 0 Å². The van der Waals surface area contributed by atoms with Crippen molar-refractivity contribution in [2.75, 3.05) is 12.0 Å². The summed E-state index contributed by atoms with van der Waals surface area (Å²) >= 11 is 1.63. The number of carbonyl (C=O) groups is 2. The first-order valence-electron chi connectivity index (χ1n) is 5.72. The van der Waals surface area contributed by atoms with E-state index in [9.17, 15) is 9.59 Å². The highest BCUT2D eigenvalue weighted by Crippen LogP contribution is 2.15. The number of carbonyl (C=O) groups excluding carboxylic acids is 1. The van der Waals surface area contributed by atoms with E-state index < -0.39 is 17.5 Å². The molecule has 0 radical (unpaired) electrons. The monoisotopic (exact) mass is 262 g/mol. The fourth-order valence-corrected chi connectivity index (χ4v) is 2.13. The van der Waals surface area contributed by atoms with E-state index in [0.717, 1.165) is 5.75 Å². The van der Waals surface area contributed by atoms with E-state index in [1.54, 1.807) is 25.6 Å². The zero-order chi connectivity index (χ0) is 13.5. The third kappa shape index (κ3) is 4.85. The summed E-state index contributed by atoms with van der Waals surface area (Å²) in [5.41, 5.74) is -1.16. The van der Waals surface area contributed by atoms with E-state index in [2.05, 4.69) is 10.6 Å². The van der Waals surface area contributed by atoms with Gasteiger partial charge in [-0.2, -0.15) is 11.8 Å². The van der Waals surface area contributed by atoms with Gasteiger partial charge >= 0.3 is 12.0 Å². The van der Waals surface area contributed by atoms with Crippen molar-refractivity contribution in [3.8, 4) is 0 Å². The van der Waals surface area contributed by atoms with Gasteiger partial charge < -0.3 is 15.7 Å². The van der Waals surface area contributed by atoms with Crippen LogP contribution in [-0.4, -0.2) is 40.7 Å². The molecule has 17 heavy (non-hydrogen) atoms. The number of thioether (sulfide) groups is 1. The number of carboxylic acid groups (broad SMARTS) is 1. The summed E-state index contributed by atoms with van der Waals surface area (Å²) in [7, 11) is 0. The van der Waals surface area contributed by atoms with Crippen LogP contribution in [0.2, 0.25) is 0 Å². The molecule has 0 heterocycles. The molecule has 3 N–H and O–H groups in total. The van der Waals surface area contributed by atoms with Gasteiger partial charge in [-0.25, -0.2) is 9.59 Å². The molecule has 0 aromatic rings. The number of urea groups is 1. The van der Waals surface area contributed by atoms with E-state index in [0.29, 0.717) is 12.8 Å². The van der Waals surface area contributed by atoms with Crippen molar-refractivity contribution >= 4 is 23.8 Å². The molecule has 0 saturated carbocycles. The van der Waals surface area contributed by atoms with Gasteiger partial charge in [0.05, 0.1) is 0 Å². The van der Waals surface area contributed by atoms with Gasteiger partial charge in [-0.1, -0.05) is 13.8 Å². The Balaban J connectivity index is 4.47. The van der Waals surface area contributed by atoms with E-state index in [1.807, 2.05) is 13.2 Å². The predicted molar refractivity (Wildman–Crippen MR) is 70.5 cm³/mol. The Bertz CT molecular complexity index is 267. The molecule has 0 saturated heterocycles. The lowest BCUT2D eigenvalue weighted by molar-refractivity contribution is -0.144. The van der Waals surface area contributed by atoms with Gasteiger partial charge in [0.2, 0.25) is 0 Å². The molecular formula is C11H22N2O3S. The summed E-state index contributed by atoms with van der Waals surface area (Å²) in [4.78, 5) is 22.9. The third-order valence-corrected chi connectivity index (χ3v) is 3.60. The number of hydrogen-bond donors (Lipinski definition) is 3. The Morgan fingerprint density at radius 2 is 1.88 bits per heavy atom. The van der Waals surface area contributed by atoms with Crippen molar-refractivity contribution < 1.29 is 14.7 Å². The molecule has 0 fully saturated rings. The van der Waals surface area contributed by atoms with Gasteiger partial charge in [-0.05, 0) is 26.0 Å². The van der Waals surface area contributed by atoms with E-state index >= 15 is 0 Å². The van der Waals surface area contributed by atoms with Crippen molar-refractivity contribution in [3.63, 3.8) is 0 Å². The minimum Gasteiger partial charge on any atom is -0.480 e. The fraction of sp³-hybridized carbons (Fsp3) is 0.818. The van der Waals surface area contributed by atoms with Crippen LogP contribution in [0.3, 0.4) is 0 Å². The van der Waals surface area contributed by atoms with Crippen molar-refractivity contribution in [3.05, 3.63) is 0 Å². The van der Waals surface area contributed by atoms with Gasteiger partial charge in [0.15, 0.2) is 0 Å². The molecule has 1 unspecified atom stereocenters. The molecule has 6 heteroatoms. The Hall–Kier alpha value is -0.910. The van der Waals surface area contributed by atoms with Crippen LogP contribution in [0.25, 0.3) is 0 Å². The first kappa shape index (κ1) is 16.1. The average molecular weight is 262 g/mol. The molecule has 0 bridgehead atoms. The van der Waals surface area contributed by atoms with Crippen LogP contribution in [-0.2, 0) is 4.79 Å². The Labute approximate surface area is 107 Å². The quantitative estimate of drug-likeness (QED) is 0.652. The molecule has 0 aliphatic carbocycles. The zero-order valence-electron chi connectivity index (χ0n) is 10.9. The summed E-state index contributed by atoms with van der Waals surface area (Å²) < 4.78 is 0. The maximum Gasteiger partial charge on any atom is 0.329 e. The molecule has 0 aliphatic rings. The minimum atomic E-state index is -1.16. The van der Waals surface area contributed by atoms with Gasteiger partial charge in [-0.15, -0.1) is 0 Å². The Morgan fingerprint density at radius 3 is 2.24 bits per heavy atom. The second-order valence-electron chi connectivity index (χ2n) is 4.05. The molecule has 0 rings (SSSR count). The third-order valence-electron chi connectivity index (χ3n) is 2.76. The summed E-state index contributed by atoms with van der Waals surface area (Å²) in [5, 5.41) is 14.4. The highest BCUT2D eigenvalue weighted by Gasteiger charge is 2.36. The topological polar surface area (TPSA) is 78.4 Å². The molecule has 0 spiro atoms. The number of rotatable bonds is 7. The number of amides is 2. The van der Waals surface area contributed by atoms with Crippen LogP contribution in [0, 0.1) is 0 Å². The fourth-order valence-electron chi connectivity index (χ4n) is 1.55. The number of nitrogens with one attached hydrogen (secondary N) is 2. The van der Waals surface area contributed by atoms with Crippen LogP contribution < -0.4 is 10.6 Å². The standard InChI is InChI=1S/C11H22N2O3S/c1-5-11(6-2,9(14)15)13-10(16)12-8(3)7-17-4/h8H,5-7H2,1-4H3,(H,14,15)(H2,12,13,16). The number of carboxylic acids is 1. The molecule has 5 nitrogen and oxygen atoms in total. The number of hydrogen-bond acceptors (Lipinski definition) is 3. The summed E-state index contributed by atoms with van der Waals surface area (Å²) in [6.45, 7) is 5.39. The molecule has 2 amide bonds. The van der Waals surface area contributed by atoms with E-state index in [4.69, 9.17) is 5.11 Å². The van der Waals surface area contributed by atoms with Crippen LogP contribution in [0.5, 0.6) is 0 Å². The van der Waals surface area contributed by atoms with Crippen LogP contribution in [0.1, 0.15) is 33.6 Å². The van der Waals surface area contributed by atoms with Crippen molar-refractivity contribution in [2.45, 2.75) is 45.2 Å². The molecule has 1 atom stereocenters. The molecule has 0 aromatic heterocycles. The van der Waals surface area contributed by atoms with Crippen molar-refractivity contribution in [1.82, 2.24) is 10.6 Å². The normalized spacial score (nSPS) is 12.9. The average Bonchev–Trinajstić information content (AvgIpc) is 2.25. The molecule has 0 aliphatic heterocycles. The number of aliphatic carboxylic acids is 1. The second-order valence-corrected chi connectivity index (χ2v) is 4.96. The SMILES string of the molecule is CCC(CC)(NC(=O)NC(C)CSC)C(=O)O. The largest absolute Gasteiger partial charge is 0.480 e. The highest BCUT2D eigenvalue weighted by atomic mass is 32.2. The maximum atomic E-state index is 11.7. The van der Waals surface area contributed by atoms with Gasteiger partial charge in [0.25, 0.3) is 0 Å². The lowest BCUT2D eigenvalue weighted by Crippen LogP contribution is -2.57. The lowest BCUT2D eigenvalue weighted by atomic mass is 9.93. The molecule has 0 aromatic carbocycles. The summed E-state index contributed by atoms with van der Waals surface area (Å²) in [5.74, 6) is -0.193. The summed E-state index contributed by atoms with van der Waals surface area (Å²) in [6.07, 6.45) is 2.68. The van der Waals surface area contributed by atoms with Crippen LogP contribution in [0.4, 0.5) is 4.79 Å². The smallest absolute Gasteiger partial charge is 0.329 e. The summed E-state index contributed by atoms with van der Waals surface area (Å²) in [6, 6.07) is -0.400.